The van der Waals surface area contributed by atoms with E-state index in [9.17, 15) is 18.4 Å². The van der Waals surface area contributed by atoms with Gasteiger partial charge in [0.25, 0.3) is 5.91 Å². The average Bonchev–Trinajstić information content (AvgIpc) is 2.47. The minimum absolute atomic E-state index is 0.0406. The number of carbonyl (C=O) groups excluding carboxylic acids is 2. The first-order valence-corrected chi connectivity index (χ1v) is 6.44. The van der Waals surface area contributed by atoms with Crippen LogP contribution in [0.4, 0.5) is 14.5 Å². The quantitative estimate of drug-likeness (QED) is 0.856. The van der Waals surface area contributed by atoms with Gasteiger partial charge in [-0.3, -0.25) is 9.59 Å². The number of rotatable bonds is 5. The number of benzene rings is 2. The van der Waals surface area contributed by atoms with E-state index in [2.05, 4.69) is 10.1 Å². The molecule has 0 aliphatic rings. The Hall–Kier alpha value is -2.76. The Labute approximate surface area is 125 Å². The summed E-state index contributed by atoms with van der Waals surface area (Å²) < 4.78 is 29.0. The molecule has 4 nitrogen and oxygen atoms in total. The van der Waals surface area contributed by atoms with E-state index in [0.29, 0.717) is 11.3 Å². The third-order valence-electron chi connectivity index (χ3n) is 2.90. The van der Waals surface area contributed by atoms with Gasteiger partial charge in [0.15, 0.2) is 5.78 Å². The van der Waals surface area contributed by atoms with Crippen LogP contribution in [0.15, 0.2) is 48.5 Å². The number of nitrogens with one attached hydrogen (secondary N) is 1. The highest BCUT2D eigenvalue weighted by molar-refractivity contribution is 6.10. The molecule has 0 radical (unpaired) electrons. The fraction of sp³-hybridized carbons (Fsp3) is 0.125. The topological polar surface area (TPSA) is 55.4 Å². The van der Waals surface area contributed by atoms with Crippen molar-refractivity contribution >= 4 is 17.4 Å². The van der Waals surface area contributed by atoms with Crippen molar-refractivity contribution in [3.8, 4) is 5.75 Å². The van der Waals surface area contributed by atoms with Gasteiger partial charge in [-0.1, -0.05) is 24.3 Å². The van der Waals surface area contributed by atoms with Crippen molar-refractivity contribution in [1.29, 1.82) is 0 Å². The molecule has 0 bridgehead atoms. The van der Waals surface area contributed by atoms with Gasteiger partial charge in [-0.05, 0) is 31.2 Å². The van der Waals surface area contributed by atoms with Gasteiger partial charge in [0, 0.05) is 5.56 Å². The van der Waals surface area contributed by atoms with Crippen LogP contribution in [-0.2, 0) is 0 Å². The molecule has 2 rings (SSSR count). The molecule has 0 saturated heterocycles. The van der Waals surface area contributed by atoms with Crippen molar-refractivity contribution in [1.82, 2.24) is 0 Å². The van der Waals surface area contributed by atoms with Gasteiger partial charge in [-0.25, -0.2) is 0 Å². The number of ketones is 1. The summed E-state index contributed by atoms with van der Waals surface area (Å²) >= 11 is 0. The normalized spacial score (nSPS) is 10.4. The number of ether oxygens (including phenoxy) is 1. The minimum atomic E-state index is -3.03. The maximum absolute atomic E-state index is 12.4. The third-order valence-corrected chi connectivity index (χ3v) is 2.90. The van der Waals surface area contributed by atoms with Crippen LogP contribution in [0.3, 0.4) is 0 Å². The largest absolute Gasteiger partial charge is 0.434 e. The van der Waals surface area contributed by atoms with Crippen molar-refractivity contribution in [3.05, 3.63) is 59.7 Å². The summed E-state index contributed by atoms with van der Waals surface area (Å²) in [5.41, 5.74) is 0.608. The van der Waals surface area contributed by atoms with Crippen molar-refractivity contribution in [2.75, 3.05) is 5.32 Å². The molecule has 22 heavy (non-hydrogen) atoms. The lowest BCUT2D eigenvalue weighted by Crippen LogP contribution is -2.16. The van der Waals surface area contributed by atoms with Gasteiger partial charge in [0.1, 0.15) is 5.75 Å². The molecule has 6 heteroatoms. The molecule has 0 aliphatic carbocycles. The molecule has 2 aromatic rings. The Morgan fingerprint density at radius 3 is 2.23 bits per heavy atom. The van der Waals surface area contributed by atoms with Gasteiger partial charge < -0.3 is 10.1 Å². The summed E-state index contributed by atoms with van der Waals surface area (Å²) in [6.07, 6.45) is 0. The Bertz CT molecular complexity index is 701. The summed E-state index contributed by atoms with van der Waals surface area (Å²) in [5, 5.41) is 2.54. The lowest BCUT2D eigenvalue weighted by Gasteiger charge is -2.12. The second kappa shape index (κ2) is 6.80. The maximum atomic E-state index is 12.4. The fourth-order valence-corrected chi connectivity index (χ4v) is 1.94. The Morgan fingerprint density at radius 2 is 1.59 bits per heavy atom. The molecule has 0 saturated carbocycles. The van der Waals surface area contributed by atoms with Gasteiger partial charge in [-0.15, -0.1) is 0 Å². The Balaban J connectivity index is 2.29. The molecule has 114 valence electrons. The summed E-state index contributed by atoms with van der Waals surface area (Å²) in [6.45, 7) is -1.66. The van der Waals surface area contributed by atoms with E-state index in [1.54, 1.807) is 24.3 Å². The number of anilines is 1. The summed E-state index contributed by atoms with van der Waals surface area (Å²) in [6, 6.07) is 12.1. The zero-order chi connectivity index (χ0) is 16.1. The molecule has 1 N–H and O–H groups in total. The number of Topliss-reactive ketones (excluding diaryl/α,β-unsaturated/α-hetero) is 1. The van der Waals surface area contributed by atoms with Crippen LogP contribution in [0.5, 0.6) is 5.75 Å². The molecule has 2 aromatic carbocycles. The first-order valence-electron chi connectivity index (χ1n) is 6.44. The Morgan fingerprint density at radius 1 is 1.00 bits per heavy atom. The van der Waals surface area contributed by atoms with Crippen molar-refractivity contribution in [2.45, 2.75) is 13.5 Å². The number of carbonyl (C=O) groups is 2. The Kier molecular flexibility index (Phi) is 4.83. The predicted molar refractivity (Wildman–Crippen MR) is 77.5 cm³/mol. The van der Waals surface area contributed by atoms with Crippen LogP contribution < -0.4 is 10.1 Å². The molecule has 0 aliphatic heterocycles. The van der Waals surface area contributed by atoms with Gasteiger partial charge in [0.2, 0.25) is 0 Å². The first kappa shape index (κ1) is 15.6. The SMILES string of the molecule is CC(=O)c1ccccc1NC(=O)c1ccccc1OC(F)F. The van der Waals surface area contributed by atoms with Crippen LogP contribution in [0.25, 0.3) is 0 Å². The molecule has 0 heterocycles. The number of hydrogen-bond donors (Lipinski definition) is 1. The first-order chi connectivity index (χ1) is 10.5. The molecule has 0 unspecified atom stereocenters. The summed E-state index contributed by atoms with van der Waals surface area (Å²) in [7, 11) is 0. The van der Waals surface area contributed by atoms with E-state index >= 15 is 0 Å². The molecule has 0 aromatic heterocycles. The third kappa shape index (κ3) is 3.66. The zero-order valence-corrected chi connectivity index (χ0v) is 11.7. The lowest BCUT2D eigenvalue weighted by molar-refractivity contribution is -0.0501. The molecule has 0 spiro atoms. The lowest BCUT2D eigenvalue weighted by atomic mass is 10.1. The standard InChI is InChI=1S/C16H13F2NO3/c1-10(20)11-6-2-4-8-13(11)19-15(21)12-7-3-5-9-14(12)22-16(17)18/h2-9,16H,1H3,(H,19,21). The van der Waals surface area contributed by atoms with Crippen molar-refractivity contribution in [2.24, 2.45) is 0 Å². The number of para-hydroxylation sites is 2. The van der Waals surface area contributed by atoms with E-state index in [0.717, 1.165) is 0 Å². The second-order valence-corrected chi connectivity index (χ2v) is 4.43. The second-order valence-electron chi connectivity index (χ2n) is 4.43. The molecule has 0 fully saturated rings. The van der Waals surface area contributed by atoms with E-state index in [-0.39, 0.29) is 17.1 Å². The van der Waals surface area contributed by atoms with Crippen LogP contribution in [0.2, 0.25) is 0 Å². The number of amides is 1. The predicted octanol–water partition coefficient (Wildman–Crippen LogP) is 3.74. The number of halogens is 2. The van der Waals surface area contributed by atoms with Crippen molar-refractivity contribution in [3.63, 3.8) is 0 Å². The molecule has 0 atom stereocenters. The summed E-state index contributed by atoms with van der Waals surface area (Å²) in [4.78, 5) is 23.8. The number of alkyl halides is 2. The fourth-order valence-electron chi connectivity index (χ4n) is 1.94. The maximum Gasteiger partial charge on any atom is 0.387 e. The number of hydrogen-bond acceptors (Lipinski definition) is 3. The monoisotopic (exact) mass is 305 g/mol. The van der Waals surface area contributed by atoms with E-state index in [1.807, 2.05) is 0 Å². The highest BCUT2D eigenvalue weighted by Gasteiger charge is 2.17. The van der Waals surface area contributed by atoms with Crippen LogP contribution in [-0.4, -0.2) is 18.3 Å². The molecular weight excluding hydrogens is 292 g/mol. The summed E-state index contributed by atoms with van der Waals surface area (Å²) in [5.74, 6) is -1.08. The van der Waals surface area contributed by atoms with E-state index in [4.69, 9.17) is 0 Å². The highest BCUT2D eigenvalue weighted by atomic mass is 19.3. The van der Waals surface area contributed by atoms with Crippen LogP contribution in [0, 0.1) is 0 Å². The van der Waals surface area contributed by atoms with Gasteiger partial charge in [-0.2, -0.15) is 8.78 Å². The van der Waals surface area contributed by atoms with Gasteiger partial charge >= 0.3 is 6.61 Å². The zero-order valence-electron chi connectivity index (χ0n) is 11.7. The average molecular weight is 305 g/mol. The minimum Gasteiger partial charge on any atom is -0.434 e. The molecule has 1 amide bonds. The molecular formula is C16H13F2NO3. The highest BCUT2D eigenvalue weighted by Crippen LogP contribution is 2.23. The van der Waals surface area contributed by atoms with Gasteiger partial charge in [0.05, 0.1) is 11.3 Å². The van der Waals surface area contributed by atoms with Crippen molar-refractivity contribution < 1.29 is 23.1 Å². The smallest absolute Gasteiger partial charge is 0.387 e. The van der Waals surface area contributed by atoms with E-state index in [1.165, 1.54) is 31.2 Å². The van der Waals surface area contributed by atoms with Crippen LogP contribution >= 0.6 is 0 Å². The van der Waals surface area contributed by atoms with Crippen LogP contribution in [0.1, 0.15) is 27.6 Å². The van der Waals surface area contributed by atoms with E-state index < -0.39 is 12.5 Å².